The van der Waals surface area contributed by atoms with Crippen molar-refractivity contribution >= 4 is 5.78 Å². The largest absolute Gasteiger partial charge is 0.393 e. The molecule has 4 rings (SSSR count). The Balaban J connectivity index is 1.64. The van der Waals surface area contributed by atoms with Crippen LogP contribution in [0.2, 0.25) is 0 Å². The molecule has 0 aromatic carbocycles. The molecule has 21 heavy (non-hydrogen) atoms. The van der Waals surface area contributed by atoms with Crippen molar-refractivity contribution in [3.63, 3.8) is 0 Å². The molecule has 2 heteroatoms. The number of hydrogen-bond acceptors (Lipinski definition) is 2. The Hall–Kier alpha value is -0.370. The van der Waals surface area contributed by atoms with Gasteiger partial charge in [0.05, 0.1) is 6.10 Å². The number of hydrogen-bond donors (Lipinski definition) is 1. The number of aliphatic hydroxyl groups is 1. The summed E-state index contributed by atoms with van der Waals surface area (Å²) in [5.41, 5.74) is 0.452. The van der Waals surface area contributed by atoms with Crippen molar-refractivity contribution in [2.24, 2.45) is 34.5 Å². The molecule has 0 spiro atoms. The number of carbonyl (C=O) groups excluding carboxylic acids is 1. The van der Waals surface area contributed by atoms with Crippen LogP contribution in [0.3, 0.4) is 0 Å². The van der Waals surface area contributed by atoms with Gasteiger partial charge in [-0.05, 0) is 80.5 Å². The van der Waals surface area contributed by atoms with Crippen molar-refractivity contribution < 1.29 is 9.90 Å². The Morgan fingerprint density at radius 3 is 2.62 bits per heavy atom. The van der Waals surface area contributed by atoms with Crippen LogP contribution >= 0.6 is 0 Å². The van der Waals surface area contributed by atoms with Crippen LogP contribution in [0, 0.1) is 34.5 Å². The van der Waals surface area contributed by atoms with Gasteiger partial charge in [0.25, 0.3) is 0 Å². The summed E-state index contributed by atoms with van der Waals surface area (Å²) in [6, 6.07) is 0. The van der Waals surface area contributed by atoms with Crippen LogP contribution in [-0.2, 0) is 4.79 Å². The lowest BCUT2D eigenvalue weighted by molar-refractivity contribution is -0.142. The van der Waals surface area contributed by atoms with Gasteiger partial charge in [-0.3, -0.25) is 4.79 Å². The molecule has 0 bridgehead atoms. The molecule has 0 amide bonds. The van der Waals surface area contributed by atoms with E-state index in [1.807, 2.05) is 0 Å². The molecule has 118 valence electrons. The zero-order chi connectivity index (χ0) is 14.8. The summed E-state index contributed by atoms with van der Waals surface area (Å²) in [5, 5.41) is 10.0. The van der Waals surface area contributed by atoms with E-state index in [0.29, 0.717) is 17.1 Å². The third-order valence-corrected chi connectivity index (χ3v) is 8.35. The first-order valence-corrected chi connectivity index (χ1v) is 9.16. The number of ketones is 1. The molecule has 1 N–H and O–H groups in total. The van der Waals surface area contributed by atoms with Crippen LogP contribution < -0.4 is 0 Å². The first kappa shape index (κ1) is 14.2. The van der Waals surface area contributed by atoms with E-state index >= 15 is 0 Å². The van der Waals surface area contributed by atoms with E-state index in [-0.39, 0.29) is 11.5 Å². The van der Waals surface area contributed by atoms with E-state index in [4.69, 9.17) is 0 Å². The van der Waals surface area contributed by atoms with Gasteiger partial charge in [-0.15, -0.1) is 0 Å². The first-order valence-electron chi connectivity index (χ1n) is 9.16. The summed E-state index contributed by atoms with van der Waals surface area (Å²) in [7, 11) is 0. The maximum Gasteiger partial charge on any atom is 0.139 e. The smallest absolute Gasteiger partial charge is 0.139 e. The third-order valence-electron chi connectivity index (χ3n) is 8.35. The molecule has 0 heterocycles. The van der Waals surface area contributed by atoms with Crippen LogP contribution in [-0.4, -0.2) is 17.0 Å². The molecule has 7 atom stereocenters. The fourth-order valence-electron chi connectivity index (χ4n) is 7.01. The molecule has 0 aliphatic heterocycles. The Labute approximate surface area is 128 Å². The number of fused-ring (bicyclic) bond motifs is 5. The zero-order valence-electron chi connectivity index (χ0n) is 13.6. The lowest BCUT2D eigenvalue weighted by Crippen LogP contribution is -2.54. The molecular formula is C19H30O2. The van der Waals surface area contributed by atoms with Crippen LogP contribution in [0.15, 0.2) is 0 Å². The molecule has 0 aromatic heterocycles. The summed E-state index contributed by atoms with van der Waals surface area (Å²) in [6.45, 7) is 4.78. The van der Waals surface area contributed by atoms with Crippen LogP contribution in [0.25, 0.3) is 0 Å². The van der Waals surface area contributed by atoms with Crippen molar-refractivity contribution in [2.45, 2.75) is 77.7 Å². The minimum absolute atomic E-state index is 0.0124. The lowest BCUT2D eigenvalue weighted by Gasteiger charge is -2.60. The maximum absolute atomic E-state index is 12.4. The van der Waals surface area contributed by atoms with Crippen molar-refractivity contribution in [3.8, 4) is 0 Å². The summed E-state index contributed by atoms with van der Waals surface area (Å²) in [5.74, 6) is 3.54. The Morgan fingerprint density at radius 2 is 1.81 bits per heavy atom. The fraction of sp³-hybridized carbons (Fsp3) is 0.947. The van der Waals surface area contributed by atoms with Crippen molar-refractivity contribution in [3.05, 3.63) is 0 Å². The average molecular weight is 290 g/mol. The van der Waals surface area contributed by atoms with E-state index in [9.17, 15) is 9.90 Å². The molecule has 2 nitrogen and oxygen atoms in total. The number of carbonyl (C=O) groups is 1. The molecule has 0 aromatic rings. The van der Waals surface area contributed by atoms with Gasteiger partial charge in [0.15, 0.2) is 0 Å². The van der Waals surface area contributed by atoms with Crippen molar-refractivity contribution in [2.75, 3.05) is 0 Å². The van der Waals surface area contributed by atoms with Crippen molar-refractivity contribution in [1.29, 1.82) is 0 Å². The quantitative estimate of drug-likeness (QED) is 0.733. The SMILES string of the molecule is C[C@]12CC[C@@H](O)CC1CCC1C2CC[C@]2(C)C(=O)CCC12. The summed E-state index contributed by atoms with van der Waals surface area (Å²) in [4.78, 5) is 12.4. The Morgan fingerprint density at radius 1 is 1.00 bits per heavy atom. The van der Waals surface area contributed by atoms with E-state index < -0.39 is 0 Å². The summed E-state index contributed by atoms with van der Waals surface area (Å²) >= 11 is 0. The molecule has 4 fully saturated rings. The highest BCUT2D eigenvalue weighted by Gasteiger charge is 2.60. The first-order chi connectivity index (χ1) is 9.95. The van der Waals surface area contributed by atoms with E-state index in [1.54, 1.807) is 0 Å². The Bertz CT molecular complexity index is 458. The van der Waals surface area contributed by atoms with E-state index in [0.717, 1.165) is 49.9 Å². The van der Waals surface area contributed by atoms with Gasteiger partial charge in [-0.2, -0.15) is 0 Å². The standard InChI is InChI=1S/C19H30O2/c1-18-9-7-13(20)11-12(18)3-4-14-15-5-6-17(21)19(15,2)10-8-16(14)18/h12-16,20H,3-11H2,1-2H3/t12?,13-,14?,15?,16?,18+,19+/m1/s1. The fourth-order valence-corrected chi connectivity index (χ4v) is 7.01. The van der Waals surface area contributed by atoms with Gasteiger partial charge in [0.2, 0.25) is 0 Å². The second-order valence-corrected chi connectivity index (χ2v) is 9.00. The van der Waals surface area contributed by atoms with Gasteiger partial charge >= 0.3 is 0 Å². The van der Waals surface area contributed by atoms with Gasteiger partial charge in [0, 0.05) is 11.8 Å². The van der Waals surface area contributed by atoms with E-state index in [1.165, 1.54) is 25.7 Å². The topological polar surface area (TPSA) is 37.3 Å². The minimum Gasteiger partial charge on any atom is -0.393 e. The third kappa shape index (κ3) is 1.84. The predicted molar refractivity (Wildman–Crippen MR) is 82.7 cm³/mol. The molecule has 0 saturated heterocycles. The highest BCUT2D eigenvalue weighted by Crippen LogP contribution is 2.65. The predicted octanol–water partition coefficient (Wildman–Crippen LogP) is 3.96. The van der Waals surface area contributed by atoms with Gasteiger partial charge in [-0.1, -0.05) is 13.8 Å². The number of Topliss-reactive ketones (excluding diaryl/α,β-unsaturated/α-hetero) is 1. The van der Waals surface area contributed by atoms with Crippen LogP contribution in [0.5, 0.6) is 0 Å². The lowest BCUT2D eigenvalue weighted by atomic mass is 9.45. The average Bonchev–Trinajstić information content (AvgIpc) is 2.76. The number of rotatable bonds is 0. The van der Waals surface area contributed by atoms with Crippen LogP contribution in [0.1, 0.15) is 71.6 Å². The van der Waals surface area contributed by atoms with Gasteiger partial charge in [-0.25, -0.2) is 0 Å². The van der Waals surface area contributed by atoms with Gasteiger partial charge < -0.3 is 5.11 Å². The van der Waals surface area contributed by atoms with E-state index in [2.05, 4.69) is 13.8 Å². The summed E-state index contributed by atoms with van der Waals surface area (Å²) in [6.07, 6.45) is 10.1. The Kier molecular flexibility index (Phi) is 3.10. The van der Waals surface area contributed by atoms with Crippen LogP contribution in [0.4, 0.5) is 0 Å². The zero-order valence-corrected chi connectivity index (χ0v) is 13.6. The van der Waals surface area contributed by atoms with Crippen molar-refractivity contribution in [1.82, 2.24) is 0 Å². The molecular weight excluding hydrogens is 260 g/mol. The molecule has 4 aliphatic rings. The molecule has 4 saturated carbocycles. The summed E-state index contributed by atoms with van der Waals surface area (Å²) < 4.78 is 0. The maximum atomic E-state index is 12.4. The second kappa shape index (κ2) is 4.57. The molecule has 4 aliphatic carbocycles. The second-order valence-electron chi connectivity index (χ2n) is 9.00. The monoisotopic (exact) mass is 290 g/mol. The highest BCUT2D eigenvalue weighted by molar-refractivity contribution is 5.87. The minimum atomic E-state index is -0.0541. The number of aliphatic hydroxyl groups excluding tert-OH is 1. The van der Waals surface area contributed by atoms with Gasteiger partial charge in [0.1, 0.15) is 5.78 Å². The highest BCUT2D eigenvalue weighted by atomic mass is 16.3. The molecule has 4 unspecified atom stereocenters. The normalized spacial score (nSPS) is 56.5. The molecule has 0 radical (unpaired) electrons.